The Balaban J connectivity index is 3.02. The first-order valence-electron chi connectivity index (χ1n) is 5.08. The maximum absolute atomic E-state index is 12.1. The highest BCUT2D eigenvalue weighted by Gasteiger charge is 2.26. The van der Waals surface area contributed by atoms with Crippen molar-refractivity contribution in [3.63, 3.8) is 0 Å². The zero-order chi connectivity index (χ0) is 14.6. The lowest BCUT2D eigenvalue weighted by Gasteiger charge is -2.16. The topological polar surface area (TPSA) is 96.2 Å². The first kappa shape index (κ1) is 15.1. The SMILES string of the molecule is COc1cc(C(O)C(O)C(=O)O)ccc1OC(F)F. The average Bonchev–Trinajstić information content (AvgIpc) is 2.36. The largest absolute Gasteiger partial charge is 0.493 e. The lowest BCUT2D eigenvalue weighted by Crippen LogP contribution is -2.27. The van der Waals surface area contributed by atoms with Crippen molar-refractivity contribution >= 4 is 5.97 Å². The molecule has 19 heavy (non-hydrogen) atoms. The minimum atomic E-state index is -3.05. The summed E-state index contributed by atoms with van der Waals surface area (Å²) < 4.78 is 33.1. The lowest BCUT2D eigenvalue weighted by molar-refractivity contribution is -0.153. The van der Waals surface area contributed by atoms with E-state index in [0.717, 1.165) is 18.2 Å². The van der Waals surface area contributed by atoms with Crippen LogP contribution < -0.4 is 9.47 Å². The van der Waals surface area contributed by atoms with E-state index in [0.29, 0.717) is 0 Å². The quantitative estimate of drug-likeness (QED) is 0.711. The highest BCUT2D eigenvalue weighted by molar-refractivity contribution is 5.73. The maximum Gasteiger partial charge on any atom is 0.387 e. The van der Waals surface area contributed by atoms with Gasteiger partial charge in [-0.05, 0) is 17.7 Å². The number of carboxylic acid groups (broad SMARTS) is 1. The van der Waals surface area contributed by atoms with Crippen LogP contribution in [0, 0.1) is 0 Å². The molecule has 0 spiro atoms. The summed E-state index contributed by atoms with van der Waals surface area (Å²) >= 11 is 0. The molecule has 0 aliphatic heterocycles. The molecular weight excluding hydrogens is 266 g/mol. The standard InChI is InChI=1S/C11H12F2O6/c1-18-7-4-5(8(14)9(15)10(16)17)2-3-6(7)19-11(12)13/h2-4,8-9,11,14-15H,1H3,(H,16,17). The molecule has 106 valence electrons. The molecule has 0 amide bonds. The second-order valence-corrected chi connectivity index (χ2v) is 3.52. The molecule has 0 bridgehead atoms. The van der Waals surface area contributed by atoms with E-state index in [9.17, 15) is 23.8 Å². The van der Waals surface area contributed by atoms with Crippen LogP contribution in [0.5, 0.6) is 11.5 Å². The minimum Gasteiger partial charge on any atom is -0.493 e. The summed E-state index contributed by atoms with van der Waals surface area (Å²) in [5.41, 5.74) is -0.00614. The van der Waals surface area contributed by atoms with E-state index < -0.39 is 24.8 Å². The van der Waals surface area contributed by atoms with Crippen LogP contribution in [-0.2, 0) is 4.79 Å². The third-order valence-corrected chi connectivity index (χ3v) is 2.30. The van der Waals surface area contributed by atoms with Crippen molar-refractivity contribution in [1.82, 2.24) is 0 Å². The van der Waals surface area contributed by atoms with Gasteiger partial charge in [0, 0.05) is 0 Å². The van der Waals surface area contributed by atoms with Crippen LogP contribution in [0.25, 0.3) is 0 Å². The Morgan fingerprint density at radius 1 is 1.26 bits per heavy atom. The molecule has 0 aromatic heterocycles. The summed E-state index contributed by atoms with van der Waals surface area (Å²) in [6.45, 7) is -3.05. The third-order valence-electron chi connectivity index (χ3n) is 2.30. The Bertz CT molecular complexity index is 451. The summed E-state index contributed by atoms with van der Waals surface area (Å²) in [6, 6.07) is 3.34. The molecule has 3 N–H and O–H groups in total. The van der Waals surface area contributed by atoms with Crippen LogP contribution in [-0.4, -0.2) is 41.1 Å². The van der Waals surface area contributed by atoms with Gasteiger partial charge in [0.2, 0.25) is 0 Å². The average molecular weight is 278 g/mol. The number of hydrogen-bond acceptors (Lipinski definition) is 5. The van der Waals surface area contributed by atoms with Crippen LogP contribution in [0.3, 0.4) is 0 Å². The Morgan fingerprint density at radius 2 is 1.89 bits per heavy atom. The molecule has 2 atom stereocenters. The molecule has 0 radical (unpaired) electrons. The summed E-state index contributed by atoms with van der Waals surface area (Å²) in [4.78, 5) is 10.5. The number of rotatable bonds is 6. The molecule has 0 heterocycles. The van der Waals surface area contributed by atoms with Crippen molar-refractivity contribution in [3.8, 4) is 11.5 Å². The van der Waals surface area contributed by atoms with Crippen LogP contribution in [0.2, 0.25) is 0 Å². The third kappa shape index (κ3) is 3.76. The van der Waals surface area contributed by atoms with Crippen molar-refractivity contribution in [3.05, 3.63) is 23.8 Å². The van der Waals surface area contributed by atoms with Gasteiger partial charge in [-0.3, -0.25) is 0 Å². The van der Waals surface area contributed by atoms with E-state index in [1.165, 1.54) is 7.11 Å². The Kier molecular flexibility index (Phi) is 5.02. The summed E-state index contributed by atoms with van der Waals surface area (Å²) in [5.74, 6) is -1.99. The highest BCUT2D eigenvalue weighted by Crippen LogP contribution is 2.32. The van der Waals surface area contributed by atoms with Crippen LogP contribution in [0.15, 0.2) is 18.2 Å². The zero-order valence-corrected chi connectivity index (χ0v) is 9.79. The van der Waals surface area contributed by atoms with E-state index >= 15 is 0 Å². The van der Waals surface area contributed by atoms with Crippen LogP contribution in [0.1, 0.15) is 11.7 Å². The van der Waals surface area contributed by atoms with Gasteiger partial charge < -0.3 is 24.8 Å². The second kappa shape index (κ2) is 6.30. The molecule has 2 unspecified atom stereocenters. The van der Waals surface area contributed by atoms with Gasteiger partial charge in [0.1, 0.15) is 6.10 Å². The number of ether oxygens (including phenoxy) is 2. The summed E-state index contributed by atoms with van der Waals surface area (Å²) in [5, 5.41) is 27.3. The molecule has 0 aliphatic rings. The predicted molar refractivity (Wildman–Crippen MR) is 58.2 cm³/mol. The monoisotopic (exact) mass is 278 g/mol. The van der Waals surface area contributed by atoms with E-state index in [-0.39, 0.29) is 17.1 Å². The fourth-order valence-corrected chi connectivity index (χ4v) is 1.38. The van der Waals surface area contributed by atoms with Gasteiger partial charge in [0.25, 0.3) is 0 Å². The summed E-state index contributed by atoms with van der Waals surface area (Å²) in [6.07, 6.45) is -3.75. The van der Waals surface area contributed by atoms with E-state index in [4.69, 9.17) is 9.84 Å². The van der Waals surface area contributed by atoms with Crippen molar-refractivity contribution in [1.29, 1.82) is 0 Å². The minimum absolute atomic E-state index is 0.00614. The van der Waals surface area contributed by atoms with Gasteiger partial charge >= 0.3 is 12.6 Å². The number of carbonyl (C=O) groups is 1. The first-order chi connectivity index (χ1) is 8.86. The van der Waals surface area contributed by atoms with Crippen molar-refractivity contribution in [2.45, 2.75) is 18.8 Å². The molecular formula is C11H12F2O6. The Morgan fingerprint density at radius 3 is 2.37 bits per heavy atom. The Hall–Kier alpha value is -1.93. The molecule has 8 heteroatoms. The number of benzene rings is 1. The van der Waals surface area contributed by atoms with E-state index in [2.05, 4.69) is 4.74 Å². The Labute approximate surface area is 106 Å². The zero-order valence-electron chi connectivity index (χ0n) is 9.79. The van der Waals surface area contributed by atoms with Gasteiger partial charge in [-0.25, -0.2) is 4.79 Å². The molecule has 1 aromatic rings. The fourth-order valence-electron chi connectivity index (χ4n) is 1.38. The number of methoxy groups -OCH3 is 1. The van der Waals surface area contributed by atoms with Gasteiger partial charge in [0.05, 0.1) is 7.11 Å². The fraction of sp³-hybridized carbons (Fsp3) is 0.364. The van der Waals surface area contributed by atoms with E-state index in [1.54, 1.807) is 0 Å². The number of aliphatic hydroxyl groups is 2. The molecule has 0 aliphatic carbocycles. The number of aliphatic carboxylic acids is 1. The molecule has 1 rings (SSSR count). The first-order valence-corrected chi connectivity index (χ1v) is 5.08. The molecule has 1 aromatic carbocycles. The predicted octanol–water partition coefficient (Wildman–Crippen LogP) is 0.775. The smallest absolute Gasteiger partial charge is 0.387 e. The van der Waals surface area contributed by atoms with Crippen molar-refractivity contribution in [2.75, 3.05) is 7.11 Å². The molecule has 6 nitrogen and oxygen atoms in total. The molecule has 0 saturated heterocycles. The number of carboxylic acids is 1. The van der Waals surface area contributed by atoms with Crippen molar-refractivity contribution < 1.29 is 38.4 Å². The van der Waals surface area contributed by atoms with Gasteiger partial charge in [-0.2, -0.15) is 8.78 Å². The van der Waals surface area contributed by atoms with Gasteiger partial charge in [-0.15, -0.1) is 0 Å². The van der Waals surface area contributed by atoms with Gasteiger partial charge in [-0.1, -0.05) is 6.07 Å². The van der Waals surface area contributed by atoms with Crippen molar-refractivity contribution in [2.24, 2.45) is 0 Å². The van der Waals surface area contributed by atoms with Crippen LogP contribution in [0.4, 0.5) is 8.78 Å². The second-order valence-electron chi connectivity index (χ2n) is 3.52. The highest BCUT2D eigenvalue weighted by atomic mass is 19.3. The number of aliphatic hydroxyl groups excluding tert-OH is 2. The van der Waals surface area contributed by atoms with Crippen LogP contribution >= 0.6 is 0 Å². The number of hydrogen-bond donors (Lipinski definition) is 3. The lowest BCUT2D eigenvalue weighted by atomic mass is 10.0. The number of alkyl halides is 2. The molecule has 0 saturated carbocycles. The number of halogens is 2. The van der Waals surface area contributed by atoms with E-state index in [1.807, 2.05) is 0 Å². The molecule has 0 fully saturated rings. The maximum atomic E-state index is 12.1. The summed E-state index contributed by atoms with van der Waals surface area (Å²) in [7, 11) is 1.19. The van der Waals surface area contributed by atoms with Gasteiger partial charge in [0.15, 0.2) is 17.6 Å². The normalized spacial score (nSPS) is 14.0.